The molecule has 94 valence electrons. The molecule has 18 heavy (non-hydrogen) atoms. The maximum absolute atomic E-state index is 5.16. The van der Waals surface area contributed by atoms with Crippen molar-refractivity contribution in [2.45, 2.75) is 13.0 Å². The highest BCUT2D eigenvalue weighted by Crippen LogP contribution is 2.21. The van der Waals surface area contributed by atoms with Crippen LogP contribution in [0.4, 0.5) is 0 Å². The maximum Gasteiger partial charge on any atom is 0.149 e. The van der Waals surface area contributed by atoms with Crippen LogP contribution in [0.2, 0.25) is 0 Å². The molecule has 1 N–H and O–H groups in total. The molecule has 1 aromatic carbocycles. The summed E-state index contributed by atoms with van der Waals surface area (Å²) >= 11 is 0. The molecule has 0 saturated carbocycles. The molecule has 1 heterocycles. The zero-order chi connectivity index (χ0) is 12.8. The fraction of sp³-hybridized carbons (Fsp3) is 0.286. The van der Waals surface area contributed by atoms with Crippen LogP contribution in [0.15, 0.2) is 42.7 Å². The van der Waals surface area contributed by atoms with Gasteiger partial charge in [-0.15, -0.1) is 0 Å². The summed E-state index contributed by atoms with van der Waals surface area (Å²) in [7, 11) is 1.66. The zero-order valence-electron chi connectivity index (χ0n) is 10.6. The first kappa shape index (κ1) is 12.5. The van der Waals surface area contributed by atoms with Gasteiger partial charge in [-0.2, -0.15) is 0 Å². The number of hydrogen-bond donors (Lipinski definition) is 1. The Balaban J connectivity index is 2.29. The van der Waals surface area contributed by atoms with Crippen LogP contribution in [0.25, 0.3) is 0 Å². The summed E-state index contributed by atoms with van der Waals surface area (Å²) in [4.78, 5) is 8.62. The van der Waals surface area contributed by atoms with E-state index < -0.39 is 0 Å². The van der Waals surface area contributed by atoms with E-state index in [0.29, 0.717) is 0 Å². The molecule has 2 aromatic rings. The van der Waals surface area contributed by atoms with Crippen LogP contribution in [0.3, 0.4) is 0 Å². The summed E-state index contributed by atoms with van der Waals surface area (Å²) in [5.74, 6) is 1.63. The van der Waals surface area contributed by atoms with Gasteiger partial charge < -0.3 is 10.1 Å². The van der Waals surface area contributed by atoms with Crippen LogP contribution in [-0.4, -0.2) is 23.6 Å². The topological polar surface area (TPSA) is 47.0 Å². The van der Waals surface area contributed by atoms with Crippen LogP contribution in [0, 0.1) is 0 Å². The summed E-state index contributed by atoms with van der Waals surface area (Å²) < 4.78 is 5.16. The van der Waals surface area contributed by atoms with Crippen molar-refractivity contribution in [3.8, 4) is 5.75 Å². The van der Waals surface area contributed by atoms with Crippen molar-refractivity contribution in [3.05, 3.63) is 54.1 Å². The van der Waals surface area contributed by atoms with Crippen molar-refractivity contribution in [2.24, 2.45) is 0 Å². The van der Waals surface area contributed by atoms with Crippen LogP contribution >= 0.6 is 0 Å². The van der Waals surface area contributed by atoms with E-state index in [1.165, 1.54) is 0 Å². The Morgan fingerprint density at radius 1 is 1.17 bits per heavy atom. The summed E-state index contributed by atoms with van der Waals surface area (Å²) in [5.41, 5.74) is 1.13. The van der Waals surface area contributed by atoms with Crippen molar-refractivity contribution >= 4 is 0 Å². The SMILES string of the molecule is CCNC(c1ccc(OC)cc1)c1ncccn1. The molecule has 0 bridgehead atoms. The minimum atomic E-state index is 0.0158. The van der Waals surface area contributed by atoms with Crippen molar-refractivity contribution < 1.29 is 4.74 Å². The van der Waals surface area contributed by atoms with Gasteiger partial charge in [-0.25, -0.2) is 9.97 Å². The molecule has 0 aliphatic rings. The fourth-order valence-corrected chi connectivity index (χ4v) is 1.82. The molecule has 4 heteroatoms. The van der Waals surface area contributed by atoms with Crippen LogP contribution in [0.1, 0.15) is 24.4 Å². The second kappa shape index (κ2) is 6.12. The summed E-state index contributed by atoms with van der Waals surface area (Å²) in [6.45, 7) is 2.93. The highest BCUT2D eigenvalue weighted by atomic mass is 16.5. The molecule has 4 nitrogen and oxygen atoms in total. The predicted molar refractivity (Wildman–Crippen MR) is 70.5 cm³/mol. The van der Waals surface area contributed by atoms with Crippen molar-refractivity contribution in [3.63, 3.8) is 0 Å². The quantitative estimate of drug-likeness (QED) is 0.874. The van der Waals surface area contributed by atoms with E-state index in [9.17, 15) is 0 Å². The van der Waals surface area contributed by atoms with E-state index in [2.05, 4.69) is 22.2 Å². The highest BCUT2D eigenvalue weighted by molar-refractivity contribution is 5.31. The molecule has 0 saturated heterocycles. The summed E-state index contributed by atoms with van der Waals surface area (Å²) in [5, 5.41) is 3.39. The Kier molecular flexibility index (Phi) is 4.25. The Bertz CT molecular complexity index is 470. The average molecular weight is 243 g/mol. The van der Waals surface area contributed by atoms with Gasteiger partial charge in [0.2, 0.25) is 0 Å². The lowest BCUT2D eigenvalue weighted by Gasteiger charge is -2.16. The van der Waals surface area contributed by atoms with E-state index in [1.54, 1.807) is 19.5 Å². The molecule has 0 aliphatic carbocycles. The number of methoxy groups -OCH3 is 1. The summed E-state index contributed by atoms with van der Waals surface area (Å²) in [6.07, 6.45) is 3.52. The Morgan fingerprint density at radius 2 is 1.83 bits per heavy atom. The third-order valence-corrected chi connectivity index (χ3v) is 2.70. The molecule has 0 aliphatic heterocycles. The molecule has 0 fully saturated rings. The molecule has 2 rings (SSSR count). The molecule has 0 spiro atoms. The standard InChI is InChI=1S/C14H17N3O/c1-3-15-13(14-16-9-4-10-17-14)11-5-7-12(18-2)8-6-11/h4-10,13,15H,3H2,1-2H3. The van der Waals surface area contributed by atoms with Gasteiger partial charge >= 0.3 is 0 Å². The van der Waals surface area contributed by atoms with Crippen LogP contribution < -0.4 is 10.1 Å². The smallest absolute Gasteiger partial charge is 0.149 e. The third kappa shape index (κ3) is 2.84. The molecule has 1 atom stereocenters. The van der Waals surface area contributed by atoms with Gasteiger partial charge in [-0.05, 0) is 30.3 Å². The van der Waals surface area contributed by atoms with E-state index in [0.717, 1.165) is 23.7 Å². The molecule has 0 radical (unpaired) electrons. The molecular weight excluding hydrogens is 226 g/mol. The van der Waals surface area contributed by atoms with E-state index in [4.69, 9.17) is 4.74 Å². The minimum Gasteiger partial charge on any atom is -0.497 e. The number of rotatable bonds is 5. The van der Waals surface area contributed by atoms with Gasteiger partial charge in [-0.3, -0.25) is 0 Å². The molecular formula is C14H17N3O. The third-order valence-electron chi connectivity index (χ3n) is 2.70. The lowest BCUT2D eigenvalue weighted by Crippen LogP contribution is -2.23. The number of hydrogen-bond acceptors (Lipinski definition) is 4. The van der Waals surface area contributed by atoms with Gasteiger partial charge in [0.25, 0.3) is 0 Å². The second-order valence-electron chi connectivity index (χ2n) is 3.87. The van der Waals surface area contributed by atoms with Gasteiger partial charge in [0.1, 0.15) is 11.6 Å². The summed E-state index contributed by atoms with van der Waals surface area (Å²) in [6, 6.07) is 9.79. The fourth-order valence-electron chi connectivity index (χ4n) is 1.82. The van der Waals surface area contributed by atoms with E-state index in [1.807, 2.05) is 30.3 Å². The second-order valence-corrected chi connectivity index (χ2v) is 3.87. The number of nitrogens with one attached hydrogen (secondary N) is 1. The van der Waals surface area contributed by atoms with Gasteiger partial charge in [0, 0.05) is 12.4 Å². The van der Waals surface area contributed by atoms with Gasteiger partial charge in [-0.1, -0.05) is 19.1 Å². The monoisotopic (exact) mass is 243 g/mol. The highest BCUT2D eigenvalue weighted by Gasteiger charge is 2.15. The van der Waals surface area contributed by atoms with E-state index >= 15 is 0 Å². The normalized spacial score (nSPS) is 12.1. The van der Waals surface area contributed by atoms with Crippen LogP contribution in [-0.2, 0) is 0 Å². The lowest BCUT2D eigenvalue weighted by molar-refractivity contribution is 0.414. The minimum absolute atomic E-state index is 0.0158. The number of benzene rings is 1. The van der Waals surface area contributed by atoms with Gasteiger partial charge in [0.15, 0.2) is 0 Å². The maximum atomic E-state index is 5.16. The van der Waals surface area contributed by atoms with E-state index in [-0.39, 0.29) is 6.04 Å². The molecule has 0 amide bonds. The molecule has 1 aromatic heterocycles. The first-order valence-corrected chi connectivity index (χ1v) is 5.99. The number of nitrogens with zero attached hydrogens (tertiary/aromatic N) is 2. The van der Waals surface area contributed by atoms with Crippen molar-refractivity contribution in [1.82, 2.24) is 15.3 Å². The first-order valence-electron chi connectivity index (χ1n) is 5.99. The van der Waals surface area contributed by atoms with Gasteiger partial charge in [0.05, 0.1) is 13.2 Å². The lowest BCUT2D eigenvalue weighted by atomic mass is 10.1. The number of ether oxygens (including phenoxy) is 1. The van der Waals surface area contributed by atoms with Crippen LogP contribution in [0.5, 0.6) is 5.75 Å². The predicted octanol–water partition coefficient (Wildman–Crippen LogP) is 2.18. The largest absolute Gasteiger partial charge is 0.497 e. The average Bonchev–Trinajstić information content (AvgIpc) is 2.46. The van der Waals surface area contributed by atoms with Crippen molar-refractivity contribution in [1.29, 1.82) is 0 Å². The first-order chi connectivity index (χ1) is 8.85. The Morgan fingerprint density at radius 3 is 2.39 bits per heavy atom. The number of aromatic nitrogens is 2. The zero-order valence-corrected chi connectivity index (χ0v) is 10.6. The molecule has 1 unspecified atom stereocenters. The van der Waals surface area contributed by atoms with Crippen molar-refractivity contribution in [2.75, 3.05) is 13.7 Å². The Labute approximate surface area is 107 Å². The Hall–Kier alpha value is -1.94.